The summed E-state index contributed by atoms with van der Waals surface area (Å²) in [5.41, 5.74) is 6.88. The molecule has 1 heterocycles. The van der Waals surface area contributed by atoms with Crippen molar-refractivity contribution >= 4 is 0 Å². The van der Waals surface area contributed by atoms with Crippen molar-refractivity contribution in [3.63, 3.8) is 0 Å². The Bertz CT molecular complexity index is 249. The van der Waals surface area contributed by atoms with Gasteiger partial charge in [-0.2, -0.15) is 0 Å². The van der Waals surface area contributed by atoms with Crippen LogP contribution in [0.2, 0.25) is 0 Å². The van der Waals surface area contributed by atoms with Gasteiger partial charge >= 0.3 is 0 Å². The van der Waals surface area contributed by atoms with Crippen LogP contribution < -0.4 is 5.73 Å². The van der Waals surface area contributed by atoms with Crippen LogP contribution in [0.15, 0.2) is 0 Å². The first kappa shape index (κ1) is 12.4. The predicted molar refractivity (Wildman–Crippen MR) is 69.4 cm³/mol. The minimum Gasteiger partial charge on any atom is -0.329 e. The summed E-state index contributed by atoms with van der Waals surface area (Å²) in [7, 11) is 0. The Kier molecular flexibility index (Phi) is 3.33. The molecule has 94 valence electrons. The first-order valence-electron chi connectivity index (χ1n) is 6.97. The summed E-state index contributed by atoms with van der Waals surface area (Å²) in [5, 5.41) is 0. The maximum atomic E-state index is 6.20. The zero-order chi connectivity index (χ0) is 11.8. The zero-order valence-electron chi connectivity index (χ0n) is 11.3. The van der Waals surface area contributed by atoms with Gasteiger partial charge in [-0.25, -0.2) is 0 Å². The molecular weight excluding hydrogens is 196 g/mol. The summed E-state index contributed by atoms with van der Waals surface area (Å²) in [5.74, 6) is 0.862. The molecule has 0 amide bonds. The first-order chi connectivity index (χ1) is 7.52. The molecule has 0 bridgehead atoms. The number of nitrogens with zero attached hydrogens (tertiary/aromatic N) is 1. The molecule has 2 atom stereocenters. The quantitative estimate of drug-likeness (QED) is 0.781. The lowest BCUT2D eigenvalue weighted by atomic mass is 9.62. The molecule has 0 radical (unpaired) electrons. The Labute approximate surface area is 101 Å². The standard InChI is InChI=1S/C14H28N2/c1-12-6-9-16(10-12)14(11-15)8-5-4-7-13(14,2)3/h12H,4-11,15H2,1-3H3. The summed E-state index contributed by atoms with van der Waals surface area (Å²) in [6.07, 6.45) is 6.76. The van der Waals surface area contributed by atoms with Crippen LogP contribution in [0.4, 0.5) is 0 Å². The van der Waals surface area contributed by atoms with Crippen molar-refractivity contribution in [3.05, 3.63) is 0 Å². The zero-order valence-corrected chi connectivity index (χ0v) is 11.3. The lowest BCUT2D eigenvalue weighted by molar-refractivity contribution is -0.0321. The van der Waals surface area contributed by atoms with Crippen LogP contribution in [0.3, 0.4) is 0 Å². The Morgan fingerprint density at radius 2 is 1.94 bits per heavy atom. The molecule has 2 N–H and O–H groups in total. The highest BCUT2D eigenvalue weighted by atomic mass is 15.2. The average molecular weight is 224 g/mol. The third-order valence-corrected chi connectivity index (χ3v) is 5.27. The van der Waals surface area contributed by atoms with E-state index in [2.05, 4.69) is 25.7 Å². The van der Waals surface area contributed by atoms with Gasteiger partial charge in [0.2, 0.25) is 0 Å². The van der Waals surface area contributed by atoms with E-state index in [1.54, 1.807) is 0 Å². The van der Waals surface area contributed by atoms with Gasteiger partial charge in [-0.05, 0) is 37.1 Å². The van der Waals surface area contributed by atoms with E-state index in [-0.39, 0.29) is 5.54 Å². The van der Waals surface area contributed by atoms with E-state index in [1.165, 1.54) is 45.2 Å². The van der Waals surface area contributed by atoms with E-state index < -0.39 is 0 Å². The third kappa shape index (κ3) is 1.80. The molecule has 2 heteroatoms. The molecule has 2 nitrogen and oxygen atoms in total. The topological polar surface area (TPSA) is 29.3 Å². The molecule has 0 aromatic heterocycles. The number of hydrogen-bond donors (Lipinski definition) is 1. The molecule has 1 aliphatic heterocycles. The van der Waals surface area contributed by atoms with Crippen LogP contribution in [0.25, 0.3) is 0 Å². The smallest absolute Gasteiger partial charge is 0.0382 e. The van der Waals surface area contributed by atoms with Gasteiger partial charge in [-0.1, -0.05) is 33.6 Å². The van der Waals surface area contributed by atoms with Crippen LogP contribution >= 0.6 is 0 Å². The van der Waals surface area contributed by atoms with E-state index in [0.29, 0.717) is 5.41 Å². The average Bonchev–Trinajstić information content (AvgIpc) is 2.65. The molecule has 0 aromatic rings. The highest BCUT2D eigenvalue weighted by molar-refractivity contribution is 5.06. The van der Waals surface area contributed by atoms with Gasteiger partial charge in [0, 0.05) is 18.6 Å². The molecule has 2 aliphatic rings. The van der Waals surface area contributed by atoms with Crippen molar-refractivity contribution in [1.82, 2.24) is 4.90 Å². The summed E-state index contributed by atoms with van der Waals surface area (Å²) < 4.78 is 0. The fourth-order valence-corrected chi connectivity index (χ4v) is 3.97. The van der Waals surface area contributed by atoms with Crippen LogP contribution in [-0.2, 0) is 0 Å². The highest BCUT2D eigenvalue weighted by Gasteiger charge is 2.50. The summed E-state index contributed by atoms with van der Waals surface area (Å²) in [4.78, 5) is 2.72. The highest BCUT2D eigenvalue weighted by Crippen LogP contribution is 2.48. The second-order valence-electron chi connectivity index (χ2n) is 6.67. The SMILES string of the molecule is CC1CCN(C2(CN)CCCCC2(C)C)C1. The molecular formula is C14H28N2. The van der Waals surface area contributed by atoms with Crippen molar-refractivity contribution in [1.29, 1.82) is 0 Å². The van der Waals surface area contributed by atoms with Crippen molar-refractivity contribution in [2.45, 2.75) is 58.4 Å². The molecule has 2 fully saturated rings. The van der Waals surface area contributed by atoms with E-state index in [4.69, 9.17) is 5.73 Å². The first-order valence-corrected chi connectivity index (χ1v) is 6.97. The molecule has 1 saturated heterocycles. The Hall–Kier alpha value is -0.0800. The summed E-state index contributed by atoms with van der Waals surface area (Å²) in [6.45, 7) is 10.6. The number of hydrogen-bond acceptors (Lipinski definition) is 2. The molecule has 1 aliphatic carbocycles. The molecule has 0 aromatic carbocycles. The maximum absolute atomic E-state index is 6.20. The second-order valence-corrected chi connectivity index (χ2v) is 6.67. The molecule has 0 spiro atoms. The van der Waals surface area contributed by atoms with Gasteiger partial charge in [-0.15, -0.1) is 0 Å². The Morgan fingerprint density at radius 3 is 2.44 bits per heavy atom. The Balaban J connectivity index is 2.22. The van der Waals surface area contributed by atoms with E-state index in [9.17, 15) is 0 Å². The maximum Gasteiger partial charge on any atom is 0.0382 e. The number of nitrogens with two attached hydrogens (primary N) is 1. The summed E-state index contributed by atoms with van der Waals surface area (Å²) >= 11 is 0. The van der Waals surface area contributed by atoms with Gasteiger partial charge in [0.05, 0.1) is 0 Å². The normalized spacial score (nSPS) is 40.1. The predicted octanol–water partition coefficient (Wildman–Crippen LogP) is 2.63. The van der Waals surface area contributed by atoms with Crippen LogP contribution in [0.5, 0.6) is 0 Å². The van der Waals surface area contributed by atoms with Crippen LogP contribution in [0.1, 0.15) is 52.9 Å². The summed E-state index contributed by atoms with van der Waals surface area (Å²) in [6, 6.07) is 0. The molecule has 1 saturated carbocycles. The minimum absolute atomic E-state index is 0.288. The minimum atomic E-state index is 0.288. The monoisotopic (exact) mass is 224 g/mol. The molecule has 2 rings (SSSR count). The van der Waals surface area contributed by atoms with Crippen LogP contribution in [0, 0.1) is 11.3 Å². The van der Waals surface area contributed by atoms with Crippen molar-refractivity contribution in [3.8, 4) is 0 Å². The van der Waals surface area contributed by atoms with Crippen LogP contribution in [-0.4, -0.2) is 30.1 Å². The van der Waals surface area contributed by atoms with E-state index >= 15 is 0 Å². The van der Waals surface area contributed by atoms with Gasteiger partial charge in [0.15, 0.2) is 0 Å². The molecule has 2 unspecified atom stereocenters. The van der Waals surface area contributed by atoms with Gasteiger partial charge < -0.3 is 5.73 Å². The third-order valence-electron chi connectivity index (χ3n) is 5.27. The fraction of sp³-hybridized carbons (Fsp3) is 1.00. The van der Waals surface area contributed by atoms with Gasteiger partial charge in [0.1, 0.15) is 0 Å². The lowest BCUT2D eigenvalue weighted by Crippen LogP contribution is -2.63. The largest absolute Gasteiger partial charge is 0.329 e. The van der Waals surface area contributed by atoms with Gasteiger partial charge in [-0.3, -0.25) is 4.90 Å². The Morgan fingerprint density at radius 1 is 1.25 bits per heavy atom. The van der Waals surface area contributed by atoms with Crippen molar-refractivity contribution in [2.75, 3.05) is 19.6 Å². The second kappa shape index (κ2) is 4.30. The lowest BCUT2D eigenvalue weighted by Gasteiger charge is -2.55. The van der Waals surface area contributed by atoms with Crippen molar-refractivity contribution < 1.29 is 0 Å². The van der Waals surface area contributed by atoms with Crippen molar-refractivity contribution in [2.24, 2.45) is 17.1 Å². The van der Waals surface area contributed by atoms with E-state index in [1.807, 2.05) is 0 Å². The number of rotatable bonds is 2. The fourth-order valence-electron chi connectivity index (χ4n) is 3.97. The van der Waals surface area contributed by atoms with E-state index in [0.717, 1.165) is 12.5 Å². The molecule has 16 heavy (non-hydrogen) atoms. The number of likely N-dealkylation sites (tertiary alicyclic amines) is 1. The van der Waals surface area contributed by atoms with Gasteiger partial charge in [0.25, 0.3) is 0 Å².